The van der Waals surface area contributed by atoms with Crippen LogP contribution in [-0.2, 0) is 6.54 Å². The zero-order valence-corrected chi connectivity index (χ0v) is 11.9. The fraction of sp³-hybridized carbons (Fsp3) is 0.538. The molecule has 1 atom stereocenters. The van der Waals surface area contributed by atoms with Gasteiger partial charge in [-0.25, -0.2) is 0 Å². The lowest BCUT2D eigenvalue weighted by Crippen LogP contribution is -2.36. The van der Waals surface area contributed by atoms with Crippen LogP contribution in [0.4, 0.5) is 5.69 Å². The van der Waals surface area contributed by atoms with Gasteiger partial charge in [-0.05, 0) is 26.4 Å². The molecule has 0 aromatic heterocycles. The van der Waals surface area contributed by atoms with Crippen molar-refractivity contribution < 1.29 is 4.92 Å². The summed E-state index contributed by atoms with van der Waals surface area (Å²) in [6.45, 7) is 2.64. The zero-order chi connectivity index (χ0) is 13.0. The van der Waals surface area contributed by atoms with Crippen molar-refractivity contribution in [2.45, 2.75) is 25.4 Å². The number of halogens is 1. The lowest BCUT2D eigenvalue weighted by atomic mass is 10.1. The maximum absolute atomic E-state index is 11.0. The number of nitrogens with zero attached hydrogens (tertiary/aromatic N) is 2. The molecule has 0 amide bonds. The Kier molecular flexibility index (Phi) is 6.21. The fourth-order valence-corrected chi connectivity index (χ4v) is 2.61. The highest BCUT2D eigenvalue weighted by atomic mass is 35.5. The van der Waals surface area contributed by atoms with Crippen LogP contribution in [0, 0.1) is 10.1 Å². The number of rotatable bonds is 5. The van der Waals surface area contributed by atoms with E-state index in [1.807, 2.05) is 19.2 Å². The first kappa shape index (κ1) is 15.9. The van der Waals surface area contributed by atoms with Gasteiger partial charge in [-0.15, -0.1) is 12.4 Å². The minimum absolute atomic E-state index is 0. The summed E-state index contributed by atoms with van der Waals surface area (Å²) >= 11 is 0. The van der Waals surface area contributed by atoms with E-state index in [0.717, 1.165) is 18.7 Å². The lowest BCUT2D eigenvalue weighted by Gasteiger charge is -2.24. The van der Waals surface area contributed by atoms with Crippen LogP contribution in [0.5, 0.6) is 0 Å². The first-order chi connectivity index (χ1) is 8.72. The van der Waals surface area contributed by atoms with E-state index in [1.165, 1.54) is 12.8 Å². The van der Waals surface area contributed by atoms with Gasteiger partial charge in [-0.3, -0.25) is 15.0 Å². The van der Waals surface area contributed by atoms with Crippen LogP contribution in [0.1, 0.15) is 18.4 Å². The number of nitro benzene ring substituents is 1. The van der Waals surface area contributed by atoms with Gasteiger partial charge in [-0.2, -0.15) is 0 Å². The second-order valence-corrected chi connectivity index (χ2v) is 4.71. The molecular weight excluding hydrogens is 266 g/mol. The minimum atomic E-state index is -0.293. The Bertz CT molecular complexity index is 428. The molecule has 0 aliphatic carbocycles. The average molecular weight is 286 g/mol. The fourth-order valence-electron chi connectivity index (χ4n) is 2.61. The summed E-state index contributed by atoms with van der Waals surface area (Å²) in [5.74, 6) is 0. The molecule has 1 aromatic rings. The van der Waals surface area contributed by atoms with Gasteiger partial charge in [0.25, 0.3) is 5.69 Å². The molecule has 0 bridgehead atoms. The van der Waals surface area contributed by atoms with E-state index in [0.29, 0.717) is 12.6 Å². The minimum Gasteiger partial charge on any atom is -0.318 e. The Morgan fingerprint density at radius 1 is 1.47 bits per heavy atom. The van der Waals surface area contributed by atoms with Crippen molar-refractivity contribution in [3.05, 3.63) is 39.9 Å². The number of hydrogen-bond donors (Lipinski definition) is 1. The van der Waals surface area contributed by atoms with E-state index >= 15 is 0 Å². The maximum atomic E-state index is 11.0. The topological polar surface area (TPSA) is 58.4 Å². The molecule has 1 unspecified atom stereocenters. The third kappa shape index (κ3) is 3.89. The highest BCUT2D eigenvalue weighted by Gasteiger charge is 2.25. The van der Waals surface area contributed by atoms with Crippen LogP contribution in [0.15, 0.2) is 24.3 Å². The van der Waals surface area contributed by atoms with Crippen molar-refractivity contribution in [1.29, 1.82) is 0 Å². The maximum Gasteiger partial charge on any atom is 0.273 e. The molecule has 0 saturated carbocycles. The normalized spacial score (nSPS) is 19.1. The van der Waals surface area contributed by atoms with Gasteiger partial charge < -0.3 is 5.32 Å². The summed E-state index contributed by atoms with van der Waals surface area (Å²) < 4.78 is 0. The quantitative estimate of drug-likeness (QED) is 0.666. The molecule has 1 saturated heterocycles. The van der Waals surface area contributed by atoms with Crippen molar-refractivity contribution in [3.63, 3.8) is 0 Å². The SMILES string of the molecule is CNCC1CCCN1Cc1ccccc1[N+](=O)[O-].Cl. The molecular formula is C13H20ClN3O2. The van der Waals surface area contributed by atoms with Gasteiger partial charge in [-0.1, -0.05) is 18.2 Å². The molecule has 0 spiro atoms. The van der Waals surface area contributed by atoms with Crippen LogP contribution in [-0.4, -0.2) is 36.0 Å². The largest absolute Gasteiger partial charge is 0.318 e. The lowest BCUT2D eigenvalue weighted by molar-refractivity contribution is -0.385. The third-order valence-corrected chi connectivity index (χ3v) is 3.50. The zero-order valence-electron chi connectivity index (χ0n) is 11.0. The molecule has 5 nitrogen and oxygen atoms in total. The second-order valence-electron chi connectivity index (χ2n) is 4.71. The van der Waals surface area contributed by atoms with Crippen LogP contribution >= 0.6 is 12.4 Å². The summed E-state index contributed by atoms with van der Waals surface area (Å²) in [4.78, 5) is 13.0. The third-order valence-electron chi connectivity index (χ3n) is 3.50. The van der Waals surface area contributed by atoms with Gasteiger partial charge in [0.15, 0.2) is 0 Å². The Morgan fingerprint density at radius 2 is 2.21 bits per heavy atom. The summed E-state index contributed by atoms with van der Waals surface area (Å²) in [6.07, 6.45) is 2.34. The van der Waals surface area contributed by atoms with E-state index in [9.17, 15) is 10.1 Å². The van der Waals surface area contributed by atoms with E-state index in [2.05, 4.69) is 10.2 Å². The van der Waals surface area contributed by atoms with Gasteiger partial charge in [0.05, 0.1) is 4.92 Å². The predicted octanol–water partition coefficient (Wildman–Crippen LogP) is 2.20. The summed E-state index contributed by atoms with van der Waals surface area (Å²) in [5.41, 5.74) is 1.04. The van der Waals surface area contributed by atoms with Crippen molar-refractivity contribution in [2.75, 3.05) is 20.1 Å². The van der Waals surface area contributed by atoms with Crippen molar-refractivity contribution in [3.8, 4) is 0 Å². The number of hydrogen-bond acceptors (Lipinski definition) is 4. The van der Waals surface area contributed by atoms with Crippen LogP contribution in [0.2, 0.25) is 0 Å². The highest BCUT2D eigenvalue weighted by Crippen LogP contribution is 2.24. The first-order valence-electron chi connectivity index (χ1n) is 6.33. The molecule has 2 rings (SSSR count). The summed E-state index contributed by atoms with van der Waals surface area (Å²) in [7, 11) is 1.95. The number of likely N-dealkylation sites (tertiary alicyclic amines) is 1. The predicted molar refractivity (Wildman–Crippen MR) is 77.7 cm³/mol. The molecule has 1 aromatic carbocycles. The number of benzene rings is 1. The van der Waals surface area contributed by atoms with Crippen LogP contribution in [0.25, 0.3) is 0 Å². The van der Waals surface area contributed by atoms with Crippen LogP contribution < -0.4 is 5.32 Å². The molecule has 19 heavy (non-hydrogen) atoms. The number of nitro groups is 1. The van der Waals surface area contributed by atoms with E-state index < -0.39 is 0 Å². The molecule has 1 N–H and O–H groups in total. The Balaban J connectivity index is 0.00000180. The summed E-state index contributed by atoms with van der Waals surface area (Å²) in [6, 6.07) is 7.52. The van der Waals surface area contributed by atoms with Gasteiger partial charge >= 0.3 is 0 Å². The molecule has 1 fully saturated rings. The smallest absolute Gasteiger partial charge is 0.273 e. The molecule has 1 aliphatic heterocycles. The number of nitrogens with one attached hydrogen (secondary N) is 1. The first-order valence-corrected chi connectivity index (χ1v) is 6.33. The average Bonchev–Trinajstić information content (AvgIpc) is 2.78. The monoisotopic (exact) mass is 285 g/mol. The van der Waals surface area contributed by atoms with Gasteiger partial charge in [0.1, 0.15) is 0 Å². The van der Waals surface area contributed by atoms with Gasteiger partial charge in [0, 0.05) is 30.8 Å². The van der Waals surface area contributed by atoms with E-state index in [1.54, 1.807) is 12.1 Å². The second kappa shape index (κ2) is 7.43. The molecule has 1 aliphatic rings. The van der Waals surface area contributed by atoms with Gasteiger partial charge in [0.2, 0.25) is 0 Å². The Labute approximate surface area is 119 Å². The van der Waals surface area contributed by atoms with Crippen molar-refractivity contribution in [1.82, 2.24) is 10.2 Å². The number of likely N-dealkylation sites (N-methyl/N-ethyl adjacent to an activating group) is 1. The van der Waals surface area contributed by atoms with E-state index in [4.69, 9.17) is 0 Å². The van der Waals surface area contributed by atoms with Crippen molar-refractivity contribution in [2.24, 2.45) is 0 Å². The molecule has 6 heteroatoms. The highest BCUT2D eigenvalue weighted by molar-refractivity contribution is 5.85. The Morgan fingerprint density at radius 3 is 2.89 bits per heavy atom. The summed E-state index contributed by atoms with van der Waals surface area (Å²) in [5, 5.41) is 14.2. The molecule has 1 heterocycles. The Hall–Kier alpha value is -1.17. The number of para-hydroxylation sites is 1. The molecule has 0 radical (unpaired) electrons. The van der Waals surface area contributed by atoms with Crippen LogP contribution in [0.3, 0.4) is 0 Å². The van der Waals surface area contributed by atoms with E-state index in [-0.39, 0.29) is 23.0 Å². The standard InChI is InChI=1S/C13H19N3O2.ClH/c1-14-9-12-6-4-8-15(12)10-11-5-2-3-7-13(11)16(17)18;/h2-3,5,7,12,14H,4,6,8-10H2,1H3;1H. The molecule has 106 valence electrons. The van der Waals surface area contributed by atoms with Crippen molar-refractivity contribution >= 4 is 18.1 Å².